The zero-order valence-electron chi connectivity index (χ0n) is 21.9. The van der Waals surface area contributed by atoms with Crippen molar-refractivity contribution in [2.24, 2.45) is 16.8 Å². The fraction of sp³-hybridized carbons (Fsp3) is 0.462. The first kappa shape index (κ1) is 30.2. The van der Waals surface area contributed by atoms with Gasteiger partial charge in [-0.1, -0.05) is 37.3 Å². The Labute approximate surface area is 228 Å². The summed E-state index contributed by atoms with van der Waals surface area (Å²) in [7, 11) is -4.24. The third-order valence-corrected chi connectivity index (χ3v) is 7.94. The Balaban J connectivity index is 1.81. The van der Waals surface area contributed by atoms with E-state index in [0.29, 0.717) is 24.9 Å². The molecule has 1 unspecified atom stereocenters. The number of nitrogens with one attached hydrogen (secondary N) is 3. The molecule has 0 radical (unpaired) electrons. The van der Waals surface area contributed by atoms with Crippen LogP contribution in [0.15, 0.2) is 52.4 Å². The number of sulfonamides is 1. The van der Waals surface area contributed by atoms with Crippen LogP contribution in [-0.2, 0) is 24.4 Å². The normalized spacial score (nSPS) is 16.4. The summed E-state index contributed by atoms with van der Waals surface area (Å²) < 4.78 is 29.0. The van der Waals surface area contributed by atoms with Gasteiger partial charge in [0.1, 0.15) is 12.6 Å². The van der Waals surface area contributed by atoms with Crippen LogP contribution in [0.25, 0.3) is 10.8 Å². The lowest BCUT2D eigenvalue weighted by molar-refractivity contribution is -0.145. The number of nitrogens with zero attached hydrogens (tertiary/aromatic N) is 2. The van der Waals surface area contributed by atoms with Crippen molar-refractivity contribution in [3.8, 4) is 0 Å². The summed E-state index contributed by atoms with van der Waals surface area (Å²) in [6.07, 6.45) is 1.62. The van der Waals surface area contributed by atoms with Crippen molar-refractivity contribution in [3.05, 3.63) is 42.5 Å². The highest BCUT2D eigenvalue weighted by atomic mass is 32.2. The number of hydrogen-bond donors (Lipinski definition) is 5. The maximum atomic E-state index is 13.4. The van der Waals surface area contributed by atoms with Crippen molar-refractivity contribution < 1.29 is 27.9 Å². The van der Waals surface area contributed by atoms with Gasteiger partial charge >= 0.3 is 5.97 Å². The van der Waals surface area contributed by atoms with E-state index in [2.05, 4.69) is 20.5 Å². The third-order valence-electron chi connectivity index (χ3n) is 6.47. The minimum absolute atomic E-state index is 0.0363. The number of carbonyl (C=O) groups is 3. The van der Waals surface area contributed by atoms with E-state index in [-0.39, 0.29) is 23.9 Å². The zero-order valence-corrected chi connectivity index (χ0v) is 22.7. The van der Waals surface area contributed by atoms with Crippen LogP contribution in [-0.4, -0.2) is 80.7 Å². The molecule has 0 bridgehead atoms. The van der Waals surface area contributed by atoms with E-state index < -0.39 is 46.8 Å². The summed E-state index contributed by atoms with van der Waals surface area (Å²) in [4.78, 5) is 43.2. The van der Waals surface area contributed by atoms with Gasteiger partial charge in [0, 0.05) is 37.8 Å². The second-order valence-electron chi connectivity index (χ2n) is 9.44. The molecule has 0 spiro atoms. The first-order chi connectivity index (χ1) is 18.6. The third kappa shape index (κ3) is 8.55. The molecule has 13 heteroatoms. The fourth-order valence-corrected chi connectivity index (χ4v) is 5.79. The smallest absolute Gasteiger partial charge is 0.323 e. The minimum Gasteiger partial charge on any atom is -0.480 e. The van der Waals surface area contributed by atoms with Crippen LogP contribution in [0, 0.1) is 5.92 Å². The Kier molecular flexibility index (Phi) is 10.9. The lowest BCUT2D eigenvalue weighted by Gasteiger charge is -2.27. The number of hydrazine groups is 1. The summed E-state index contributed by atoms with van der Waals surface area (Å²) in [6.45, 7) is 2.57. The van der Waals surface area contributed by atoms with Crippen LogP contribution in [0.3, 0.4) is 0 Å². The van der Waals surface area contributed by atoms with Crippen molar-refractivity contribution in [2.45, 2.75) is 43.5 Å². The number of amides is 2. The van der Waals surface area contributed by atoms with Gasteiger partial charge in [-0.2, -0.15) is 4.72 Å². The average Bonchev–Trinajstić information content (AvgIpc) is 2.91. The molecule has 12 nitrogen and oxygen atoms in total. The molecule has 2 atom stereocenters. The Bertz CT molecular complexity index is 1320. The van der Waals surface area contributed by atoms with Crippen LogP contribution in [0.4, 0.5) is 0 Å². The maximum Gasteiger partial charge on any atom is 0.323 e. The summed E-state index contributed by atoms with van der Waals surface area (Å²) in [6, 6.07) is 10.3. The number of carbonyl (C=O) groups excluding carboxylic acids is 2. The number of benzene rings is 2. The molecule has 0 saturated heterocycles. The highest BCUT2D eigenvalue weighted by molar-refractivity contribution is 7.89. The summed E-state index contributed by atoms with van der Waals surface area (Å²) in [5.41, 5.74) is 3.41. The van der Waals surface area contributed by atoms with Crippen molar-refractivity contribution in [1.82, 2.24) is 20.4 Å². The molecular formula is C26H36N6O6S. The van der Waals surface area contributed by atoms with E-state index in [0.717, 1.165) is 28.8 Å². The van der Waals surface area contributed by atoms with E-state index in [1.807, 2.05) is 12.1 Å². The molecule has 0 aromatic heterocycles. The quantitative estimate of drug-likeness (QED) is 0.165. The predicted octanol–water partition coefficient (Wildman–Crippen LogP) is 0.631. The first-order valence-electron chi connectivity index (χ1n) is 12.9. The second kappa shape index (κ2) is 14.1. The SMILES string of the molecule is CCCN(CC(=O)O)C(=O)[C@H](CC(=O)NCC1CCCN=C1CNN)NS(=O)(=O)c1ccc2ccccc2c1. The molecule has 2 aromatic carbocycles. The standard InChI is InChI=1S/C26H36N6O6S/c1-2-12-32(17-25(34)35)26(36)22(14-24(33)29-15-20-8-5-11-28-23(20)16-30-27)31-39(37,38)21-10-9-18-6-3-4-7-19(18)13-21/h3-4,6-7,9-10,13,20,22,30-31H,2,5,8,11-12,14-17,27H2,1H3,(H,29,33)(H,34,35)/t20?,22-/m0/s1. The molecule has 39 heavy (non-hydrogen) atoms. The van der Waals surface area contributed by atoms with Gasteiger partial charge in [-0.05, 0) is 42.2 Å². The molecule has 2 aromatic rings. The van der Waals surface area contributed by atoms with Gasteiger partial charge in [-0.25, -0.2) is 8.42 Å². The Hall–Kier alpha value is -3.39. The Morgan fingerprint density at radius 2 is 1.92 bits per heavy atom. The molecule has 6 N–H and O–H groups in total. The van der Waals surface area contributed by atoms with Gasteiger partial charge in [0.05, 0.1) is 11.3 Å². The predicted molar refractivity (Wildman–Crippen MR) is 147 cm³/mol. The van der Waals surface area contributed by atoms with Gasteiger partial charge < -0.3 is 15.3 Å². The zero-order chi connectivity index (χ0) is 28.4. The highest BCUT2D eigenvalue weighted by Crippen LogP contribution is 2.20. The van der Waals surface area contributed by atoms with Crippen LogP contribution >= 0.6 is 0 Å². The van der Waals surface area contributed by atoms with Crippen LogP contribution in [0.2, 0.25) is 0 Å². The number of aliphatic imine (C=N–C) groups is 1. The number of hydrogen-bond acceptors (Lipinski definition) is 8. The molecule has 1 heterocycles. The number of carboxylic acid groups (broad SMARTS) is 1. The monoisotopic (exact) mass is 560 g/mol. The van der Waals surface area contributed by atoms with E-state index >= 15 is 0 Å². The topological polar surface area (TPSA) is 183 Å². The molecule has 1 aliphatic heterocycles. The Morgan fingerprint density at radius 3 is 2.62 bits per heavy atom. The van der Waals surface area contributed by atoms with Crippen molar-refractivity contribution in [2.75, 3.05) is 32.7 Å². The molecule has 1 aliphatic rings. The van der Waals surface area contributed by atoms with E-state index in [4.69, 9.17) is 5.84 Å². The fourth-order valence-electron chi connectivity index (χ4n) is 4.57. The molecule has 0 saturated carbocycles. The van der Waals surface area contributed by atoms with Crippen molar-refractivity contribution >= 4 is 44.3 Å². The van der Waals surface area contributed by atoms with E-state index in [1.54, 1.807) is 25.1 Å². The number of carboxylic acids is 1. The van der Waals surface area contributed by atoms with Gasteiger partial charge in [0.2, 0.25) is 21.8 Å². The number of nitrogens with two attached hydrogens (primary N) is 1. The largest absolute Gasteiger partial charge is 0.480 e. The number of fused-ring (bicyclic) bond motifs is 1. The number of rotatable bonds is 14. The summed E-state index contributed by atoms with van der Waals surface area (Å²) in [5, 5.41) is 13.6. The van der Waals surface area contributed by atoms with Gasteiger partial charge in [-0.3, -0.25) is 30.6 Å². The molecule has 3 rings (SSSR count). The second-order valence-corrected chi connectivity index (χ2v) is 11.2. The first-order valence-corrected chi connectivity index (χ1v) is 14.4. The average molecular weight is 561 g/mol. The molecule has 0 fully saturated rings. The van der Waals surface area contributed by atoms with Crippen molar-refractivity contribution in [1.29, 1.82) is 0 Å². The highest BCUT2D eigenvalue weighted by Gasteiger charge is 2.32. The Morgan fingerprint density at radius 1 is 1.18 bits per heavy atom. The summed E-state index contributed by atoms with van der Waals surface area (Å²) in [5.74, 6) is 2.82. The van der Waals surface area contributed by atoms with E-state index in [1.165, 1.54) is 12.1 Å². The van der Waals surface area contributed by atoms with Gasteiger partial charge in [-0.15, -0.1) is 0 Å². The summed E-state index contributed by atoms with van der Waals surface area (Å²) >= 11 is 0. The van der Waals surface area contributed by atoms with Gasteiger partial charge in [0.15, 0.2) is 0 Å². The van der Waals surface area contributed by atoms with Gasteiger partial charge in [0.25, 0.3) is 0 Å². The van der Waals surface area contributed by atoms with E-state index in [9.17, 15) is 27.9 Å². The molecule has 0 aliphatic carbocycles. The number of aliphatic carboxylic acids is 1. The van der Waals surface area contributed by atoms with Crippen molar-refractivity contribution in [3.63, 3.8) is 0 Å². The lowest BCUT2D eigenvalue weighted by Crippen LogP contribution is -2.52. The van der Waals surface area contributed by atoms with Crippen LogP contribution in [0.1, 0.15) is 32.6 Å². The molecule has 2 amide bonds. The van der Waals surface area contributed by atoms with Crippen LogP contribution in [0.5, 0.6) is 0 Å². The molecule has 212 valence electrons. The maximum absolute atomic E-state index is 13.4. The lowest BCUT2D eigenvalue weighted by atomic mass is 9.94. The molecular weight excluding hydrogens is 524 g/mol. The minimum atomic E-state index is -4.24. The van der Waals surface area contributed by atoms with Crippen LogP contribution < -0.4 is 21.3 Å².